The third-order valence-electron chi connectivity index (χ3n) is 13.1. The molecule has 1 aromatic heterocycles. The van der Waals surface area contributed by atoms with Gasteiger partial charge in [-0.25, -0.2) is 22.6 Å². The summed E-state index contributed by atoms with van der Waals surface area (Å²) < 4.78 is 99.6. The molecule has 4 heterocycles. The van der Waals surface area contributed by atoms with Gasteiger partial charge in [0.05, 0.1) is 18.8 Å². The number of aromatic nitrogens is 1. The van der Waals surface area contributed by atoms with E-state index in [4.69, 9.17) is 14.2 Å². The summed E-state index contributed by atoms with van der Waals surface area (Å²) in [5, 5.41) is 6.47. The number of anilines is 1. The lowest BCUT2D eigenvalue weighted by Crippen LogP contribution is -2.60. The third-order valence-corrected chi connectivity index (χ3v) is 15.2. The van der Waals surface area contributed by atoms with E-state index in [9.17, 15) is 45.2 Å². The first-order valence-electron chi connectivity index (χ1n) is 21.1. The van der Waals surface area contributed by atoms with E-state index in [-0.39, 0.29) is 44.0 Å². The molecule has 3 aliphatic heterocycles. The van der Waals surface area contributed by atoms with Gasteiger partial charge in [-0.1, -0.05) is 32.4 Å². The van der Waals surface area contributed by atoms with Gasteiger partial charge in [0.2, 0.25) is 33.3 Å². The van der Waals surface area contributed by atoms with Gasteiger partial charge in [0.25, 0.3) is 5.91 Å². The van der Waals surface area contributed by atoms with Crippen LogP contribution in [0.25, 0.3) is 10.8 Å². The van der Waals surface area contributed by atoms with Crippen LogP contribution in [0.3, 0.4) is 0 Å². The molecule has 0 radical (unpaired) electrons. The fourth-order valence-corrected chi connectivity index (χ4v) is 10.1. The Hall–Kier alpha value is -4.88. The van der Waals surface area contributed by atoms with Crippen LogP contribution in [-0.2, 0) is 29.1 Å². The molecule has 20 heteroatoms. The number of nitrogens with zero attached hydrogens (tertiary/aromatic N) is 3. The van der Waals surface area contributed by atoms with Crippen molar-refractivity contribution in [2.75, 3.05) is 38.3 Å². The van der Waals surface area contributed by atoms with Crippen LogP contribution < -0.4 is 29.7 Å². The summed E-state index contributed by atoms with van der Waals surface area (Å²) in [6.07, 6.45) is -0.584. The highest BCUT2D eigenvalue weighted by Crippen LogP contribution is 2.48. The molecule has 5 aliphatic rings. The van der Waals surface area contributed by atoms with Gasteiger partial charge in [-0.05, 0) is 82.4 Å². The number of alkyl carbamates (subject to hydrolysis) is 1. The molecule has 62 heavy (non-hydrogen) atoms. The van der Waals surface area contributed by atoms with Gasteiger partial charge >= 0.3 is 12.3 Å². The first-order chi connectivity index (χ1) is 29.2. The number of allylic oxidation sites excluding steroid dienone is 1. The van der Waals surface area contributed by atoms with Gasteiger partial charge in [-0.2, -0.15) is 13.2 Å². The lowest BCUT2D eigenvalue weighted by atomic mass is 9.85. The number of likely N-dealkylation sites (N-methyl/N-ethyl adjacent to an activating group) is 1. The molecule has 1 unspecified atom stereocenters. The molecule has 0 bridgehead atoms. The highest BCUT2D eigenvalue weighted by atomic mass is 32.2. The summed E-state index contributed by atoms with van der Waals surface area (Å²) in [7, 11) is -2.53. The van der Waals surface area contributed by atoms with E-state index in [1.165, 1.54) is 11.1 Å². The highest BCUT2D eigenvalue weighted by Gasteiger charge is 2.64. The quantitative estimate of drug-likeness (QED) is 0.226. The van der Waals surface area contributed by atoms with E-state index in [1.807, 2.05) is 41.8 Å². The summed E-state index contributed by atoms with van der Waals surface area (Å²) in [5.41, 5.74) is -3.82. The van der Waals surface area contributed by atoms with Gasteiger partial charge in [0.1, 0.15) is 41.8 Å². The number of hydrogen-bond acceptors (Lipinski definition) is 11. The van der Waals surface area contributed by atoms with Gasteiger partial charge in [-0.15, -0.1) is 0 Å². The van der Waals surface area contributed by atoms with Crippen molar-refractivity contribution in [3.63, 3.8) is 0 Å². The molecular formula is C42H54F4N6O9S. The van der Waals surface area contributed by atoms with Crippen LogP contribution in [0, 0.1) is 17.8 Å². The fourth-order valence-electron chi connectivity index (χ4n) is 8.71. The zero-order valence-corrected chi connectivity index (χ0v) is 36.2. The number of fused-ring (bicyclic) bond motifs is 5. The predicted molar refractivity (Wildman–Crippen MR) is 218 cm³/mol. The van der Waals surface area contributed by atoms with Gasteiger partial charge in [0.15, 0.2) is 5.75 Å². The summed E-state index contributed by atoms with van der Waals surface area (Å²) >= 11 is 0. The Morgan fingerprint density at radius 2 is 1.85 bits per heavy atom. The standard InChI is InChI=1S/C42H54F4N6O9S/c1-6-25-19-24(2)9-7-8-10-26-21-41(26,37(55)50-62(57,58)40(23-43)14-15-40)49-34(53)31-20-27(22-52(31)36(54)32(25)48-38(56)61-39(3,4)42(44,45)46)60-35-29-11-12-30-33(28(29)13-16-47-35)59-18-17-51(30)5/h8,10-13,16,24-27,31-32H,6-7,9,14-15,17-23H2,1-5H3,(H,48,56)(H,49,53)(H,50,55)/b10-8-/t24-,25-,26-,27-,31+,32?,41-/m1/s1. The summed E-state index contributed by atoms with van der Waals surface area (Å²) in [6, 6.07) is 2.62. The number of carbonyl (C=O) groups excluding carboxylic acids is 4. The largest absolute Gasteiger partial charge is 0.489 e. The molecule has 15 nitrogen and oxygen atoms in total. The van der Waals surface area contributed by atoms with Crippen molar-refractivity contribution in [1.29, 1.82) is 0 Å². The molecule has 3 N–H and O–H groups in total. The molecule has 340 valence electrons. The molecular weight excluding hydrogens is 841 g/mol. The van der Waals surface area contributed by atoms with E-state index in [1.54, 1.807) is 19.1 Å². The molecule has 2 saturated carbocycles. The second-order valence-corrected chi connectivity index (χ2v) is 20.0. The van der Waals surface area contributed by atoms with Crippen molar-refractivity contribution < 1.29 is 59.4 Å². The topological polar surface area (TPSA) is 186 Å². The number of alkyl halides is 4. The smallest absolute Gasteiger partial charge is 0.427 e. The molecule has 2 aromatic rings. The van der Waals surface area contributed by atoms with Crippen molar-refractivity contribution >= 4 is 50.3 Å². The average molecular weight is 895 g/mol. The van der Waals surface area contributed by atoms with E-state index in [0.29, 0.717) is 69.2 Å². The maximum absolute atomic E-state index is 15.0. The second kappa shape index (κ2) is 16.7. The minimum atomic E-state index is -4.94. The van der Waals surface area contributed by atoms with Crippen LogP contribution in [-0.4, -0.2) is 116 Å². The fraction of sp³-hybridized carbons (Fsp3) is 0.643. The van der Waals surface area contributed by atoms with Crippen LogP contribution in [0.4, 0.5) is 28.0 Å². The zero-order chi connectivity index (χ0) is 45.0. The molecule has 1 aromatic carbocycles. The maximum atomic E-state index is 15.0. The number of sulfonamides is 1. The number of rotatable bonds is 9. The molecule has 3 fully saturated rings. The van der Waals surface area contributed by atoms with Crippen LogP contribution in [0.1, 0.15) is 79.1 Å². The number of amides is 4. The summed E-state index contributed by atoms with van der Waals surface area (Å²) in [6.45, 7) is 4.78. The number of pyridine rings is 1. The van der Waals surface area contributed by atoms with E-state index < -0.39 is 92.6 Å². The van der Waals surface area contributed by atoms with E-state index in [0.717, 1.165) is 5.69 Å². The van der Waals surface area contributed by atoms with Crippen LogP contribution in [0.15, 0.2) is 36.5 Å². The molecule has 4 amide bonds. The highest BCUT2D eigenvalue weighted by molar-refractivity contribution is 7.91. The lowest BCUT2D eigenvalue weighted by molar-refractivity contribution is -0.244. The third kappa shape index (κ3) is 8.59. The molecule has 2 aliphatic carbocycles. The normalized spacial score (nSPS) is 29.4. The SMILES string of the molecule is CC[C@@H]1C[C@H](C)CC/C=C\[C@@H]2C[C@@]2(C(=O)NS(=O)(=O)C2(CF)CC2)NC(=O)[C@@H]2C[C@@H](Oc3nccc4c5c(ccc34)N(C)CCO5)CN2C(=O)C1NC(=O)OC(C)(C)C(F)(F)F. The number of hydrogen-bond donors (Lipinski definition) is 3. The number of carbonyl (C=O) groups is 4. The molecule has 0 spiro atoms. The van der Waals surface area contributed by atoms with Crippen molar-refractivity contribution in [3.05, 3.63) is 36.5 Å². The van der Waals surface area contributed by atoms with Crippen molar-refractivity contribution in [2.24, 2.45) is 17.8 Å². The number of benzene rings is 1. The Bertz CT molecular complexity index is 2240. The number of ether oxygens (including phenoxy) is 3. The minimum absolute atomic E-state index is 0.0137. The molecule has 7 atom stereocenters. The Morgan fingerprint density at radius 3 is 2.53 bits per heavy atom. The second-order valence-electron chi connectivity index (χ2n) is 17.9. The number of halogens is 4. The van der Waals surface area contributed by atoms with Gasteiger partial charge < -0.3 is 34.6 Å². The van der Waals surface area contributed by atoms with E-state index >= 15 is 0 Å². The van der Waals surface area contributed by atoms with Crippen LogP contribution >= 0.6 is 0 Å². The Kier molecular flexibility index (Phi) is 12.1. The van der Waals surface area contributed by atoms with Gasteiger partial charge in [-0.3, -0.25) is 19.1 Å². The first-order valence-corrected chi connectivity index (χ1v) is 22.5. The van der Waals surface area contributed by atoms with E-state index in [2.05, 4.69) is 15.6 Å². The average Bonchev–Trinajstić information content (AvgIpc) is 4.11. The zero-order valence-electron chi connectivity index (χ0n) is 35.3. The van der Waals surface area contributed by atoms with Crippen LogP contribution in [0.2, 0.25) is 0 Å². The van der Waals surface area contributed by atoms with Gasteiger partial charge in [0, 0.05) is 36.4 Å². The summed E-state index contributed by atoms with van der Waals surface area (Å²) in [4.78, 5) is 64.6. The predicted octanol–water partition coefficient (Wildman–Crippen LogP) is 5.07. The Morgan fingerprint density at radius 1 is 1.11 bits per heavy atom. The Labute approximate surface area is 357 Å². The maximum Gasteiger partial charge on any atom is 0.427 e. The lowest BCUT2D eigenvalue weighted by Gasteiger charge is -2.35. The van der Waals surface area contributed by atoms with Crippen molar-refractivity contribution in [3.8, 4) is 11.6 Å². The van der Waals surface area contributed by atoms with Crippen molar-refractivity contribution in [1.82, 2.24) is 25.2 Å². The molecule has 7 rings (SSSR count). The number of nitrogens with one attached hydrogen (secondary N) is 3. The Balaban J connectivity index is 1.24. The minimum Gasteiger partial charge on any atom is -0.489 e. The first kappa shape index (κ1) is 45.2. The molecule has 1 saturated heterocycles. The monoisotopic (exact) mass is 894 g/mol. The summed E-state index contributed by atoms with van der Waals surface area (Å²) in [5.74, 6) is -3.22. The van der Waals surface area contributed by atoms with Crippen molar-refractivity contribution in [2.45, 2.75) is 119 Å². The van der Waals surface area contributed by atoms with Crippen LogP contribution in [0.5, 0.6) is 11.6 Å².